The van der Waals surface area contributed by atoms with Crippen LogP contribution < -0.4 is 10.6 Å². The Morgan fingerprint density at radius 1 is 1.05 bits per heavy atom. The maximum atomic E-state index is 13.3. The van der Waals surface area contributed by atoms with Crippen molar-refractivity contribution in [2.45, 2.75) is 58.9 Å². The minimum Gasteiger partial charge on any atom is -0.453 e. The highest BCUT2D eigenvalue weighted by molar-refractivity contribution is 7.89. The smallest absolute Gasteiger partial charge is 0.413 e. The van der Waals surface area contributed by atoms with Crippen molar-refractivity contribution < 1.29 is 27.5 Å². The van der Waals surface area contributed by atoms with Gasteiger partial charge in [-0.1, -0.05) is 34.6 Å². The van der Waals surface area contributed by atoms with Crippen molar-refractivity contribution in [3.63, 3.8) is 0 Å². The van der Waals surface area contributed by atoms with Crippen molar-refractivity contribution in [3.05, 3.63) is 45.8 Å². The van der Waals surface area contributed by atoms with Gasteiger partial charge in [0.2, 0.25) is 10.0 Å². The molecule has 0 spiro atoms. The Morgan fingerprint density at radius 2 is 1.68 bits per heavy atom. The number of hydrogen-bond donors (Lipinski definition) is 2. The van der Waals surface area contributed by atoms with Gasteiger partial charge in [-0.05, 0) is 61.1 Å². The monoisotopic (exact) mass is 592 g/mol. The molecule has 0 unspecified atom stereocenters. The molecule has 0 aliphatic carbocycles. The van der Waals surface area contributed by atoms with E-state index >= 15 is 0 Å². The molecular formula is C28H40N4O6S2. The Kier molecular flexibility index (Phi) is 10.9. The zero-order valence-electron chi connectivity index (χ0n) is 24.1. The molecule has 2 aromatic rings. The number of nitrogens with one attached hydrogen (secondary N) is 2. The Labute approximate surface area is 241 Å². The first-order valence-electron chi connectivity index (χ1n) is 13.5. The summed E-state index contributed by atoms with van der Waals surface area (Å²) >= 11 is 1.31. The number of anilines is 1. The third-order valence-corrected chi connectivity index (χ3v) is 9.40. The molecule has 3 amide bonds. The number of alkyl carbamates (subject to hydrolysis) is 1. The van der Waals surface area contributed by atoms with E-state index < -0.39 is 27.9 Å². The van der Waals surface area contributed by atoms with E-state index in [9.17, 15) is 22.8 Å². The number of hydrogen-bond acceptors (Lipinski definition) is 8. The Balaban J connectivity index is 1.87. The largest absolute Gasteiger partial charge is 0.453 e. The van der Waals surface area contributed by atoms with Crippen LogP contribution in [0.25, 0.3) is 0 Å². The van der Waals surface area contributed by atoms with E-state index in [4.69, 9.17) is 0 Å². The molecule has 0 saturated heterocycles. The summed E-state index contributed by atoms with van der Waals surface area (Å²) in [5, 5.41) is 5.37. The van der Waals surface area contributed by atoms with Crippen LogP contribution in [0.1, 0.15) is 72.2 Å². The van der Waals surface area contributed by atoms with Crippen LogP contribution in [0.3, 0.4) is 0 Å². The number of carbonyl (C=O) groups excluding carboxylic acids is 3. The summed E-state index contributed by atoms with van der Waals surface area (Å²) in [6.45, 7) is 13.1. The number of fused-ring (bicyclic) bond motifs is 1. The lowest BCUT2D eigenvalue weighted by molar-refractivity contribution is 0.0936. The number of amides is 3. The highest BCUT2D eigenvalue weighted by Crippen LogP contribution is 2.37. The third kappa shape index (κ3) is 7.68. The minimum absolute atomic E-state index is 0.117. The van der Waals surface area contributed by atoms with Gasteiger partial charge in [0.05, 0.1) is 17.6 Å². The molecule has 220 valence electrons. The van der Waals surface area contributed by atoms with Gasteiger partial charge >= 0.3 is 6.09 Å². The van der Waals surface area contributed by atoms with E-state index in [0.29, 0.717) is 31.1 Å². The van der Waals surface area contributed by atoms with Crippen LogP contribution in [0.4, 0.5) is 9.80 Å². The molecule has 1 aromatic heterocycles. The van der Waals surface area contributed by atoms with Gasteiger partial charge in [0, 0.05) is 36.6 Å². The molecule has 0 atom stereocenters. The molecule has 0 fully saturated rings. The summed E-state index contributed by atoms with van der Waals surface area (Å²) in [7, 11) is -2.56. The number of nitrogens with zero attached hydrogens (tertiary/aromatic N) is 2. The van der Waals surface area contributed by atoms with E-state index in [-0.39, 0.29) is 27.9 Å². The SMILES string of the molecule is CCCN1CCc2c(sc(NC(=O)c3ccc(S(=O)(=O)N(CC(C)C)CC(C)C)cc3)c2C(=O)NC(=O)OC)C1. The third-order valence-electron chi connectivity index (χ3n) is 6.42. The van der Waals surface area contributed by atoms with Crippen LogP contribution in [0.5, 0.6) is 0 Å². The summed E-state index contributed by atoms with van der Waals surface area (Å²) in [6, 6.07) is 5.81. The lowest BCUT2D eigenvalue weighted by atomic mass is 10.0. The fraction of sp³-hybridized carbons (Fsp3) is 0.536. The second-order valence-electron chi connectivity index (χ2n) is 10.8. The topological polar surface area (TPSA) is 125 Å². The second-order valence-corrected chi connectivity index (χ2v) is 13.8. The van der Waals surface area contributed by atoms with Gasteiger partial charge in [0.25, 0.3) is 11.8 Å². The molecule has 12 heteroatoms. The molecule has 2 heterocycles. The molecule has 0 bridgehead atoms. The summed E-state index contributed by atoms with van der Waals surface area (Å²) in [5.41, 5.74) is 1.31. The molecule has 0 radical (unpaired) electrons. The van der Waals surface area contributed by atoms with Gasteiger partial charge in [0.15, 0.2) is 0 Å². The van der Waals surface area contributed by atoms with Gasteiger partial charge in [-0.3, -0.25) is 19.8 Å². The number of methoxy groups -OCH3 is 1. The van der Waals surface area contributed by atoms with Crippen molar-refractivity contribution in [1.82, 2.24) is 14.5 Å². The normalized spacial score (nSPS) is 13.9. The minimum atomic E-state index is -3.73. The average molecular weight is 593 g/mol. The summed E-state index contributed by atoms with van der Waals surface area (Å²) < 4.78 is 32.7. The Morgan fingerprint density at radius 3 is 2.23 bits per heavy atom. The van der Waals surface area contributed by atoms with Crippen molar-refractivity contribution in [2.75, 3.05) is 38.6 Å². The molecule has 10 nitrogen and oxygen atoms in total. The Bertz CT molecular complexity index is 1310. The average Bonchev–Trinajstić information content (AvgIpc) is 3.24. The first kappa shape index (κ1) is 31.7. The molecule has 2 N–H and O–H groups in total. The zero-order chi connectivity index (χ0) is 29.6. The van der Waals surface area contributed by atoms with Crippen molar-refractivity contribution in [1.29, 1.82) is 0 Å². The summed E-state index contributed by atoms with van der Waals surface area (Å²) in [4.78, 5) is 41.4. The summed E-state index contributed by atoms with van der Waals surface area (Å²) in [6.07, 6.45) is 0.728. The van der Waals surface area contributed by atoms with Crippen LogP contribution in [0, 0.1) is 11.8 Å². The highest BCUT2D eigenvalue weighted by atomic mass is 32.2. The van der Waals surface area contributed by atoms with Crippen LogP contribution in [-0.4, -0.2) is 68.8 Å². The van der Waals surface area contributed by atoms with E-state index in [0.717, 1.165) is 30.0 Å². The molecule has 40 heavy (non-hydrogen) atoms. The first-order chi connectivity index (χ1) is 18.9. The molecule has 1 aliphatic rings. The van der Waals surface area contributed by atoms with Gasteiger partial charge < -0.3 is 10.1 Å². The lowest BCUT2D eigenvalue weighted by Crippen LogP contribution is -2.37. The van der Waals surface area contributed by atoms with Crippen molar-refractivity contribution in [3.8, 4) is 0 Å². The number of benzene rings is 1. The highest BCUT2D eigenvalue weighted by Gasteiger charge is 2.30. The van der Waals surface area contributed by atoms with E-state index in [1.807, 2.05) is 27.7 Å². The van der Waals surface area contributed by atoms with E-state index in [2.05, 4.69) is 27.2 Å². The number of imide groups is 1. The molecule has 1 aromatic carbocycles. The fourth-order valence-electron chi connectivity index (χ4n) is 4.69. The van der Waals surface area contributed by atoms with Gasteiger partial charge in [-0.2, -0.15) is 4.31 Å². The number of sulfonamides is 1. The predicted octanol–water partition coefficient (Wildman–Crippen LogP) is 4.57. The van der Waals surface area contributed by atoms with Crippen LogP contribution in [0.15, 0.2) is 29.2 Å². The van der Waals surface area contributed by atoms with Crippen LogP contribution >= 0.6 is 11.3 Å². The molecule has 0 saturated carbocycles. The fourth-order valence-corrected chi connectivity index (χ4v) is 7.74. The zero-order valence-corrected chi connectivity index (χ0v) is 25.7. The standard InChI is InChI=1S/C28H40N4O6S2/c1-7-13-31-14-12-22-23(17-31)39-27(24(22)26(34)30-28(35)38-6)29-25(33)20-8-10-21(11-9-20)40(36,37)32(15-18(2)3)16-19(4)5/h8-11,18-19H,7,12-17H2,1-6H3,(H,29,33)(H,30,34,35). The van der Waals surface area contributed by atoms with Crippen LogP contribution in [0.2, 0.25) is 0 Å². The second kappa shape index (κ2) is 13.7. The van der Waals surface area contributed by atoms with Gasteiger partial charge in [-0.25, -0.2) is 13.2 Å². The Hall–Kier alpha value is -2.80. The number of thiophene rings is 1. The quantitative estimate of drug-likeness (QED) is 0.392. The van der Waals surface area contributed by atoms with Gasteiger partial charge in [-0.15, -0.1) is 11.3 Å². The van der Waals surface area contributed by atoms with E-state index in [1.165, 1.54) is 47.0 Å². The summed E-state index contributed by atoms with van der Waals surface area (Å²) in [5.74, 6) is -0.800. The lowest BCUT2D eigenvalue weighted by Gasteiger charge is -2.26. The van der Waals surface area contributed by atoms with Gasteiger partial charge in [0.1, 0.15) is 5.00 Å². The van der Waals surface area contributed by atoms with Crippen LogP contribution in [-0.2, 0) is 27.7 Å². The molecule has 1 aliphatic heterocycles. The predicted molar refractivity (Wildman–Crippen MR) is 156 cm³/mol. The number of rotatable bonds is 11. The molecule has 3 rings (SSSR count). The maximum absolute atomic E-state index is 13.3. The first-order valence-corrected chi connectivity index (χ1v) is 15.8. The number of ether oxygens (including phenoxy) is 1. The number of carbonyl (C=O) groups is 3. The van der Waals surface area contributed by atoms with Crippen molar-refractivity contribution in [2.24, 2.45) is 11.8 Å². The maximum Gasteiger partial charge on any atom is 0.413 e. The molecular weight excluding hydrogens is 552 g/mol. The van der Waals surface area contributed by atoms with E-state index in [1.54, 1.807) is 0 Å². The van der Waals surface area contributed by atoms with Crippen molar-refractivity contribution >= 4 is 44.3 Å².